The van der Waals surface area contributed by atoms with Gasteiger partial charge in [0.05, 0.1) is 6.61 Å². The number of aromatic nitrogens is 3. The highest BCUT2D eigenvalue weighted by Crippen LogP contribution is 2.28. The molecule has 0 aliphatic carbocycles. The maximum Gasteiger partial charge on any atom is 0.196 e. The van der Waals surface area contributed by atoms with E-state index >= 15 is 0 Å². The van der Waals surface area contributed by atoms with E-state index < -0.39 is 0 Å². The first-order valence-electron chi connectivity index (χ1n) is 9.30. The van der Waals surface area contributed by atoms with E-state index in [1.54, 1.807) is 23.9 Å². The maximum absolute atomic E-state index is 13.4. The maximum atomic E-state index is 13.4. The molecular weight excluding hydrogens is 385 g/mol. The average molecular weight is 405 g/mol. The molecule has 0 spiro atoms. The number of nitrogens with zero attached hydrogens (tertiary/aromatic N) is 3. The van der Waals surface area contributed by atoms with E-state index in [-0.39, 0.29) is 5.82 Å². The molecule has 6 heteroatoms. The predicted octanol–water partition coefficient (Wildman–Crippen LogP) is 5.55. The second kappa shape index (κ2) is 8.92. The number of ether oxygens (including phenoxy) is 1. The topological polar surface area (TPSA) is 39.9 Å². The first kappa shape index (κ1) is 19.2. The number of benzene rings is 3. The molecule has 0 bridgehead atoms. The third-order valence-corrected chi connectivity index (χ3v) is 5.25. The summed E-state index contributed by atoms with van der Waals surface area (Å²) < 4.78 is 21.2. The number of halogens is 1. The molecule has 0 radical (unpaired) electrons. The van der Waals surface area contributed by atoms with Crippen LogP contribution in [0.25, 0.3) is 17.1 Å². The van der Waals surface area contributed by atoms with Crippen LogP contribution in [0, 0.1) is 12.7 Å². The Labute approximate surface area is 173 Å². The van der Waals surface area contributed by atoms with Crippen molar-refractivity contribution in [3.05, 3.63) is 90.2 Å². The minimum absolute atomic E-state index is 0.274. The molecule has 0 saturated carbocycles. The van der Waals surface area contributed by atoms with E-state index in [0.717, 1.165) is 28.0 Å². The normalized spacial score (nSPS) is 10.8. The van der Waals surface area contributed by atoms with Crippen molar-refractivity contribution in [3.63, 3.8) is 0 Å². The Morgan fingerprint density at radius 3 is 2.34 bits per heavy atom. The van der Waals surface area contributed by atoms with E-state index in [4.69, 9.17) is 4.74 Å². The van der Waals surface area contributed by atoms with Crippen molar-refractivity contribution >= 4 is 11.8 Å². The molecule has 1 heterocycles. The lowest BCUT2D eigenvalue weighted by Crippen LogP contribution is -2.03. The van der Waals surface area contributed by atoms with Gasteiger partial charge in [-0.2, -0.15) is 0 Å². The Morgan fingerprint density at radius 2 is 1.62 bits per heavy atom. The number of aryl methyl sites for hydroxylation is 1. The highest BCUT2D eigenvalue weighted by molar-refractivity contribution is 7.99. The number of rotatable bonds is 7. The number of thioether (sulfide) groups is 1. The Balaban J connectivity index is 1.54. The quantitative estimate of drug-likeness (QED) is 0.298. The molecule has 4 nitrogen and oxygen atoms in total. The molecule has 4 rings (SSSR count). The third-order valence-electron chi connectivity index (χ3n) is 4.35. The first-order valence-corrected chi connectivity index (χ1v) is 10.3. The van der Waals surface area contributed by atoms with Crippen LogP contribution in [0.4, 0.5) is 4.39 Å². The molecule has 0 N–H and O–H groups in total. The van der Waals surface area contributed by atoms with Gasteiger partial charge in [0.1, 0.15) is 11.6 Å². The van der Waals surface area contributed by atoms with Crippen molar-refractivity contribution in [1.82, 2.24) is 14.8 Å². The summed E-state index contributed by atoms with van der Waals surface area (Å²) in [6.45, 7) is 2.59. The van der Waals surface area contributed by atoms with Crippen LogP contribution in [0.5, 0.6) is 5.75 Å². The van der Waals surface area contributed by atoms with Gasteiger partial charge >= 0.3 is 0 Å². The van der Waals surface area contributed by atoms with Crippen molar-refractivity contribution in [2.24, 2.45) is 0 Å². The van der Waals surface area contributed by atoms with Crippen LogP contribution in [0.1, 0.15) is 5.56 Å². The molecule has 29 heavy (non-hydrogen) atoms. The van der Waals surface area contributed by atoms with Crippen LogP contribution >= 0.6 is 11.8 Å². The minimum Gasteiger partial charge on any atom is -0.493 e. The molecule has 1 aromatic heterocycles. The molecule has 0 amide bonds. The van der Waals surface area contributed by atoms with Crippen molar-refractivity contribution in [1.29, 1.82) is 0 Å². The van der Waals surface area contributed by atoms with E-state index in [1.165, 1.54) is 17.7 Å². The zero-order valence-electron chi connectivity index (χ0n) is 16.0. The van der Waals surface area contributed by atoms with Gasteiger partial charge < -0.3 is 4.74 Å². The highest BCUT2D eigenvalue weighted by atomic mass is 32.2. The van der Waals surface area contributed by atoms with Gasteiger partial charge in [-0.15, -0.1) is 10.2 Å². The van der Waals surface area contributed by atoms with Gasteiger partial charge in [-0.3, -0.25) is 4.57 Å². The van der Waals surface area contributed by atoms with Crippen molar-refractivity contribution in [3.8, 4) is 22.8 Å². The molecule has 4 aromatic rings. The van der Waals surface area contributed by atoms with E-state index in [9.17, 15) is 4.39 Å². The molecule has 0 saturated heterocycles. The Bertz CT molecular complexity index is 1060. The zero-order valence-corrected chi connectivity index (χ0v) is 16.8. The second-order valence-corrected chi connectivity index (χ2v) is 7.56. The fourth-order valence-electron chi connectivity index (χ4n) is 2.89. The number of hydrogen-bond donors (Lipinski definition) is 0. The summed E-state index contributed by atoms with van der Waals surface area (Å²) in [4.78, 5) is 0. The van der Waals surface area contributed by atoms with E-state index in [0.29, 0.717) is 12.4 Å². The molecule has 0 fully saturated rings. The van der Waals surface area contributed by atoms with Crippen molar-refractivity contribution in [2.75, 3.05) is 12.4 Å². The minimum atomic E-state index is -0.274. The fourth-order valence-corrected chi connectivity index (χ4v) is 3.66. The summed E-state index contributed by atoms with van der Waals surface area (Å²) in [5.74, 6) is 2.01. The van der Waals surface area contributed by atoms with Crippen LogP contribution in [-0.2, 0) is 0 Å². The monoisotopic (exact) mass is 405 g/mol. The van der Waals surface area contributed by atoms with Crippen LogP contribution in [0.3, 0.4) is 0 Å². The van der Waals surface area contributed by atoms with Gasteiger partial charge in [0.2, 0.25) is 0 Å². The molecule has 0 atom stereocenters. The third kappa shape index (κ3) is 4.66. The Morgan fingerprint density at radius 1 is 0.897 bits per heavy atom. The summed E-state index contributed by atoms with van der Waals surface area (Å²) in [5, 5.41) is 9.50. The highest BCUT2D eigenvalue weighted by Gasteiger charge is 2.16. The summed E-state index contributed by atoms with van der Waals surface area (Å²) in [6.07, 6.45) is 0. The lowest BCUT2D eigenvalue weighted by atomic mass is 10.2. The first-order chi connectivity index (χ1) is 14.2. The van der Waals surface area contributed by atoms with Crippen LogP contribution in [0.15, 0.2) is 84.0 Å². The fraction of sp³-hybridized carbons (Fsp3) is 0.130. The molecule has 0 aliphatic rings. The lowest BCUT2D eigenvalue weighted by Gasteiger charge is -2.11. The van der Waals surface area contributed by atoms with E-state index in [1.807, 2.05) is 66.1 Å². The average Bonchev–Trinajstić information content (AvgIpc) is 3.17. The Hall–Kier alpha value is -3.12. The van der Waals surface area contributed by atoms with Crippen LogP contribution in [-0.4, -0.2) is 27.1 Å². The van der Waals surface area contributed by atoms with Gasteiger partial charge in [-0.05, 0) is 43.3 Å². The smallest absolute Gasteiger partial charge is 0.196 e. The van der Waals surface area contributed by atoms with Gasteiger partial charge in [-0.1, -0.05) is 59.8 Å². The summed E-state index contributed by atoms with van der Waals surface area (Å²) in [6, 6.07) is 24.2. The second-order valence-electron chi connectivity index (χ2n) is 6.49. The number of hydrogen-bond acceptors (Lipinski definition) is 4. The van der Waals surface area contributed by atoms with Crippen molar-refractivity contribution < 1.29 is 9.13 Å². The molecule has 3 aromatic carbocycles. The molecule has 0 aliphatic heterocycles. The summed E-state index contributed by atoms with van der Waals surface area (Å²) in [7, 11) is 0. The summed E-state index contributed by atoms with van der Waals surface area (Å²) >= 11 is 1.55. The molecule has 146 valence electrons. The zero-order chi connectivity index (χ0) is 20.1. The van der Waals surface area contributed by atoms with Crippen LogP contribution < -0.4 is 4.74 Å². The SMILES string of the molecule is Cc1ccc(OCCSc2nnc(-c3ccccc3)n2-c2ccc(F)cc2)cc1. The van der Waals surface area contributed by atoms with Gasteiger partial charge in [0, 0.05) is 17.0 Å². The Kier molecular flexibility index (Phi) is 5.91. The van der Waals surface area contributed by atoms with Crippen LogP contribution in [0.2, 0.25) is 0 Å². The predicted molar refractivity (Wildman–Crippen MR) is 114 cm³/mol. The lowest BCUT2D eigenvalue weighted by molar-refractivity contribution is 0.344. The van der Waals surface area contributed by atoms with Gasteiger partial charge in [-0.25, -0.2) is 4.39 Å². The largest absolute Gasteiger partial charge is 0.493 e. The van der Waals surface area contributed by atoms with Gasteiger partial charge in [0.25, 0.3) is 0 Å². The molecule has 0 unspecified atom stereocenters. The van der Waals surface area contributed by atoms with Gasteiger partial charge in [0.15, 0.2) is 11.0 Å². The standard InChI is InChI=1S/C23H20FN3OS/c1-17-7-13-21(14-8-17)28-15-16-29-23-26-25-22(18-5-3-2-4-6-18)27(23)20-11-9-19(24)10-12-20/h2-14H,15-16H2,1H3. The van der Waals surface area contributed by atoms with E-state index in [2.05, 4.69) is 10.2 Å². The summed E-state index contributed by atoms with van der Waals surface area (Å²) in [5.41, 5.74) is 2.97. The molecular formula is C23H20FN3OS. The van der Waals surface area contributed by atoms with Crippen molar-refractivity contribution in [2.45, 2.75) is 12.1 Å².